The molecule has 1 rings (SSSR count). The molecule has 2 unspecified atom stereocenters. The van der Waals surface area contributed by atoms with Crippen LogP contribution in [0.3, 0.4) is 0 Å². The summed E-state index contributed by atoms with van der Waals surface area (Å²) in [5.41, 5.74) is -1.10. The van der Waals surface area contributed by atoms with Gasteiger partial charge in [-0.15, -0.1) is 0 Å². The van der Waals surface area contributed by atoms with Gasteiger partial charge in [-0.3, -0.25) is 14.5 Å². The summed E-state index contributed by atoms with van der Waals surface area (Å²) in [7, 11) is 0. The minimum absolute atomic E-state index is 0.582. The molecule has 0 aromatic carbocycles. The van der Waals surface area contributed by atoms with E-state index in [1.807, 2.05) is 5.32 Å². The van der Waals surface area contributed by atoms with E-state index in [2.05, 4.69) is 5.32 Å². The highest BCUT2D eigenvalue weighted by Gasteiger charge is 2.45. The standard InChI is InChI=1S/C11H17N3O6/c1-5(15)7(8(17)18)12-6(16)4-14-9(19)11(2,3)13-10(14)20/h5,7,15H,4H2,1-3H3,(H,12,16)(H,13,20)(H,17,18). The summed E-state index contributed by atoms with van der Waals surface area (Å²) in [5, 5.41) is 22.5. The summed E-state index contributed by atoms with van der Waals surface area (Å²) >= 11 is 0. The summed E-state index contributed by atoms with van der Waals surface area (Å²) in [6, 6.07) is -2.23. The third-order valence-corrected chi connectivity index (χ3v) is 2.81. The highest BCUT2D eigenvalue weighted by Crippen LogP contribution is 2.15. The highest BCUT2D eigenvalue weighted by atomic mass is 16.4. The summed E-state index contributed by atoms with van der Waals surface area (Å²) in [6.45, 7) is 3.57. The Hall–Kier alpha value is -2.16. The number of hydrogen-bond acceptors (Lipinski definition) is 5. The van der Waals surface area contributed by atoms with E-state index in [1.54, 1.807) is 0 Å². The number of rotatable bonds is 5. The minimum atomic E-state index is -1.50. The Labute approximate surface area is 114 Å². The lowest BCUT2D eigenvalue weighted by atomic mass is 10.1. The highest BCUT2D eigenvalue weighted by molar-refractivity contribution is 6.08. The van der Waals surface area contributed by atoms with Crippen LogP contribution in [0.25, 0.3) is 0 Å². The van der Waals surface area contributed by atoms with E-state index in [4.69, 9.17) is 5.11 Å². The van der Waals surface area contributed by atoms with Crippen molar-refractivity contribution in [1.29, 1.82) is 0 Å². The minimum Gasteiger partial charge on any atom is -0.480 e. The first-order valence-corrected chi connectivity index (χ1v) is 5.90. The van der Waals surface area contributed by atoms with Crippen LogP contribution in [-0.4, -0.2) is 63.2 Å². The molecule has 2 atom stereocenters. The maximum absolute atomic E-state index is 11.8. The lowest BCUT2D eigenvalue weighted by molar-refractivity contribution is -0.145. The van der Waals surface area contributed by atoms with E-state index in [-0.39, 0.29) is 0 Å². The number of nitrogens with zero attached hydrogens (tertiary/aromatic N) is 1. The molecule has 4 amide bonds. The smallest absolute Gasteiger partial charge is 0.328 e. The number of carbonyl (C=O) groups is 4. The van der Waals surface area contributed by atoms with Crippen molar-refractivity contribution in [3.05, 3.63) is 0 Å². The largest absolute Gasteiger partial charge is 0.480 e. The molecule has 112 valence electrons. The van der Waals surface area contributed by atoms with Crippen LogP contribution in [0.4, 0.5) is 4.79 Å². The number of carboxylic acid groups (broad SMARTS) is 1. The topological polar surface area (TPSA) is 136 Å². The van der Waals surface area contributed by atoms with Gasteiger partial charge < -0.3 is 20.8 Å². The van der Waals surface area contributed by atoms with Gasteiger partial charge in [-0.2, -0.15) is 0 Å². The summed E-state index contributed by atoms with van der Waals surface area (Å²) < 4.78 is 0. The molecule has 0 saturated carbocycles. The molecule has 20 heavy (non-hydrogen) atoms. The number of aliphatic hydroxyl groups excluding tert-OH is 1. The first kappa shape index (κ1) is 15.9. The molecule has 1 aliphatic rings. The molecule has 0 aliphatic carbocycles. The molecule has 0 aromatic rings. The van der Waals surface area contributed by atoms with Gasteiger partial charge in [-0.05, 0) is 20.8 Å². The Morgan fingerprint density at radius 3 is 2.30 bits per heavy atom. The molecule has 1 aliphatic heterocycles. The fourth-order valence-corrected chi connectivity index (χ4v) is 1.71. The fourth-order valence-electron chi connectivity index (χ4n) is 1.71. The van der Waals surface area contributed by atoms with Crippen LogP contribution in [0, 0.1) is 0 Å². The van der Waals surface area contributed by atoms with Crippen LogP contribution in [-0.2, 0) is 14.4 Å². The lowest BCUT2D eigenvalue weighted by Crippen LogP contribution is -2.51. The number of aliphatic carboxylic acids is 1. The van der Waals surface area contributed by atoms with Crippen molar-refractivity contribution in [2.45, 2.75) is 38.5 Å². The number of carboxylic acids is 1. The zero-order valence-electron chi connectivity index (χ0n) is 11.3. The molecule has 0 bridgehead atoms. The Morgan fingerprint density at radius 2 is 1.95 bits per heavy atom. The summed E-state index contributed by atoms with van der Waals surface area (Å²) in [6.07, 6.45) is -1.31. The quantitative estimate of drug-likeness (QED) is 0.443. The average Bonchev–Trinajstić information content (AvgIpc) is 2.47. The van der Waals surface area contributed by atoms with Gasteiger partial charge in [0.15, 0.2) is 6.04 Å². The number of aliphatic hydroxyl groups is 1. The van der Waals surface area contributed by atoms with Crippen LogP contribution in [0.2, 0.25) is 0 Å². The zero-order valence-corrected chi connectivity index (χ0v) is 11.3. The number of carbonyl (C=O) groups excluding carboxylic acids is 3. The normalized spacial score (nSPS) is 20.3. The molecule has 1 fully saturated rings. The van der Waals surface area contributed by atoms with Gasteiger partial charge in [0.25, 0.3) is 5.91 Å². The number of hydrogen-bond donors (Lipinski definition) is 4. The Kier molecular flexibility index (Phi) is 4.33. The van der Waals surface area contributed by atoms with Crippen LogP contribution < -0.4 is 10.6 Å². The van der Waals surface area contributed by atoms with E-state index in [0.717, 1.165) is 0 Å². The second kappa shape index (κ2) is 5.45. The number of nitrogens with one attached hydrogen (secondary N) is 2. The van der Waals surface area contributed by atoms with Crippen LogP contribution >= 0.6 is 0 Å². The predicted molar refractivity (Wildman–Crippen MR) is 65.6 cm³/mol. The van der Waals surface area contributed by atoms with Crippen molar-refractivity contribution in [3.63, 3.8) is 0 Å². The van der Waals surface area contributed by atoms with Gasteiger partial charge in [0.05, 0.1) is 6.10 Å². The molecule has 4 N–H and O–H groups in total. The van der Waals surface area contributed by atoms with E-state index in [1.165, 1.54) is 20.8 Å². The molecular weight excluding hydrogens is 270 g/mol. The molecule has 9 nitrogen and oxygen atoms in total. The third-order valence-electron chi connectivity index (χ3n) is 2.81. The second-order valence-electron chi connectivity index (χ2n) is 5.07. The Morgan fingerprint density at radius 1 is 1.40 bits per heavy atom. The lowest BCUT2D eigenvalue weighted by Gasteiger charge is -2.19. The summed E-state index contributed by atoms with van der Waals surface area (Å²) in [4.78, 5) is 46.5. The van der Waals surface area contributed by atoms with E-state index in [9.17, 15) is 24.3 Å². The molecule has 1 saturated heterocycles. The van der Waals surface area contributed by atoms with E-state index >= 15 is 0 Å². The van der Waals surface area contributed by atoms with Crippen LogP contribution in [0.5, 0.6) is 0 Å². The van der Waals surface area contributed by atoms with Crippen molar-refractivity contribution in [2.75, 3.05) is 6.54 Å². The average molecular weight is 287 g/mol. The van der Waals surface area contributed by atoms with Gasteiger partial charge in [0.2, 0.25) is 5.91 Å². The monoisotopic (exact) mass is 287 g/mol. The van der Waals surface area contributed by atoms with Crippen molar-refractivity contribution < 1.29 is 29.4 Å². The molecular formula is C11H17N3O6. The second-order valence-corrected chi connectivity index (χ2v) is 5.07. The van der Waals surface area contributed by atoms with E-state index < -0.39 is 48.0 Å². The van der Waals surface area contributed by atoms with Crippen molar-refractivity contribution >= 4 is 23.8 Å². The Bertz CT molecular complexity index is 459. The van der Waals surface area contributed by atoms with Crippen molar-refractivity contribution in [3.8, 4) is 0 Å². The first-order valence-electron chi connectivity index (χ1n) is 5.90. The fraction of sp³-hybridized carbons (Fsp3) is 0.636. The summed E-state index contributed by atoms with van der Waals surface area (Å²) in [5.74, 6) is -2.84. The molecule has 0 spiro atoms. The zero-order chi connectivity index (χ0) is 15.7. The van der Waals surface area contributed by atoms with Crippen molar-refractivity contribution in [1.82, 2.24) is 15.5 Å². The maximum atomic E-state index is 11.8. The molecule has 0 radical (unpaired) electrons. The predicted octanol–water partition coefficient (Wildman–Crippen LogP) is -1.73. The van der Waals surface area contributed by atoms with E-state index in [0.29, 0.717) is 4.90 Å². The maximum Gasteiger partial charge on any atom is 0.328 e. The van der Waals surface area contributed by atoms with Gasteiger partial charge in [0, 0.05) is 0 Å². The number of urea groups is 1. The number of amides is 4. The van der Waals surface area contributed by atoms with Crippen molar-refractivity contribution in [2.24, 2.45) is 0 Å². The van der Waals surface area contributed by atoms with Crippen LogP contribution in [0.1, 0.15) is 20.8 Å². The van der Waals surface area contributed by atoms with Gasteiger partial charge in [-0.1, -0.05) is 0 Å². The first-order chi connectivity index (χ1) is 9.06. The van der Waals surface area contributed by atoms with Gasteiger partial charge >= 0.3 is 12.0 Å². The van der Waals surface area contributed by atoms with Gasteiger partial charge in [0.1, 0.15) is 12.1 Å². The third kappa shape index (κ3) is 3.23. The SMILES string of the molecule is CC(O)C(NC(=O)CN1C(=O)NC(C)(C)C1=O)C(=O)O. The van der Waals surface area contributed by atoms with Crippen LogP contribution in [0.15, 0.2) is 0 Å². The molecule has 9 heteroatoms. The van der Waals surface area contributed by atoms with Gasteiger partial charge in [-0.25, -0.2) is 9.59 Å². The molecule has 0 aromatic heterocycles. The molecule has 1 heterocycles. The Balaban J connectivity index is 2.70. The number of imide groups is 1.